The van der Waals surface area contributed by atoms with E-state index in [4.69, 9.17) is 9.84 Å². The Morgan fingerprint density at radius 3 is 2.52 bits per heavy atom. The lowest BCUT2D eigenvalue weighted by Gasteiger charge is -1.96. The highest BCUT2D eigenvalue weighted by Gasteiger charge is 2.36. The maximum absolute atomic E-state index is 10.4. The summed E-state index contributed by atoms with van der Waals surface area (Å²) < 4.78 is 5.66. The summed E-state index contributed by atoms with van der Waals surface area (Å²) in [6.45, 7) is 2.24. The molecule has 0 amide bonds. The van der Waals surface area contributed by atoms with Gasteiger partial charge in [-0.2, -0.15) is 0 Å². The van der Waals surface area contributed by atoms with E-state index in [1.807, 2.05) is 0 Å². The van der Waals surface area contributed by atoms with E-state index < -0.39 is 5.97 Å². The number of carboxylic acid groups (broad SMARTS) is 1. The molecule has 1 aliphatic heterocycles. The molecule has 1 heterocycles. The van der Waals surface area contributed by atoms with Crippen LogP contribution < -0.4 is 0 Å². The molecule has 0 aromatic heterocycles. The van der Waals surface area contributed by atoms with Crippen LogP contribution in [-0.4, -0.2) is 23.3 Å². The van der Waals surface area contributed by atoms with Crippen LogP contribution in [0.1, 0.15) is 84.0 Å². The van der Waals surface area contributed by atoms with Gasteiger partial charge >= 0.3 is 5.97 Å². The van der Waals surface area contributed by atoms with E-state index in [2.05, 4.69) is 31.2 Å². The Morgan fingerprint density at radius 2 is 1.74 bits per heavy atom. The monoisotopic (exact) mass is 322 g/mol. The van der Waals surface area contributed by atoms with Crippen molar-refractivity contribution in [2.45, 2.75) is 96.2 Å². The van der Waals surface area contributed by atoms with Gasteiger partial charge in [-0.25, -0.2) is 0 Å². The van der Waals surface area contributed by atoms with Crippen LogP contribution in [0.15, 0.2) is 24.3 Å². The van der Waals surface area contributed by atoms with Crippen LogP contribution in [0.2, 0.25) is 0 Å². The number of carbonyl (C=O) groups is 1. The molecular weight excluding hydrogens is 288 g/mol. The third kappa shape index (κ3) is 12.1. The summed E-state index contributed by atoms with van der Waals surface area (Å²) in [5.74, 6) is -0.680. The number of hydrogen-bond donors (Lipinski definition) is 1. The molecule has 0 saturated carbocycles. The zero-order valence-corrected chi connectivity index (χ0v) is 14.7. The standard InChI is InChI=1S/C20H34O3/c1-2-3-12-15-18-19(23-18)16-13-10-8-6-4-5-7-9-11-14-17-20(21)22/h4,6,10,13,18-19H,2-3,5,7-9,11-12,14-17H2,1H3,(H,21,22)/t18-,19+/m1/s1. The van der Waals surface area contributed by atoms with Gasteiger partial charge in [0.05, 0.1) is 12.2 Å². The van der Waals surface area contributed by atoms with E-state index >= 15 is 0 Å². The zero-order valence-electron chi connectivity index (χ0n) is 14.7. The summed E-state index contributed by atoms with van der Waals surface area (Å²) >= 11 is 0. The van der Waals surface area contributed by atoms with Crippen molar-refractivity contribution in [1.29, 1.82) is 0 Å². The Morgan fingerprint density at radius 1 is 0.957 bits per heavy atom. The summed E-state index contributed by atoms with van der Waals surface area (Å²) in [7, 11) is 0. The van der Waals surface area contributed by atoms with E-state index in [1.165, 1.54) is 25.7 Å². The normalized spacial score (nSPS) is 20.6. The summed E-state index contributed by atoms with van der Waals surface area (Å²) in [6.07, 6.45) is 22.7. The van der Waals surface area contributed by atoms with Gasteiger partial charge in [0.1, 0.15) is 0 Å². The molecule has 0 radical (unpaired) electrons. The van der Waals surface area contributed by atoms with Crippen molar-refractivity contribution in [3.05, 3.63) is 24.3 Å². The molecule has 0 bridgehead atoms. The van der Waals surface area contributed by atoms with Crippen molar-refractivity contribution in [2.75, 3.05) is 0 Å². The van der Waals surface area contributed by atoms with E-state index in [1.54, 1.807) is 0 Å². The van der Waals surface area contributed by atoms with Gasteiger partial charge < -0.3 is 9.84 Å². The quantitative estimate of drug-likeness (QED) is 0.241. The summed E-state index contributed by atoms with van der Waals surface area (Å²) in [4.78, 5) is 10.4. The van der Waals surface area contributed by atoms with Crippen LogP contribution in [0.5, 0.6) is 0 Å². The first-order chi connectivity index (χ1) is 11.2. The molecule has 2 atom stereocenters. The number of hydrogen-bond acceptors (Lipinski definition) is 2. The number of allylic oxidation sites excluding steroid dienone is 3. The third-order valence-electron chi connectivity index (χ3n) is 4.27. The van der Waals surface area contributed by atoms with Crippen molar-refractivity contribution in [3.63, 3.8) is 0 Å². The average molecular weight is 322 g/mol. The van der Waals surface area contributed by atoms with Gasteiger partial charge in [-0.1, -0.05) is 63.3 Å². The van der Waals surface area contributed by atoms with Crippen molar-refractivity contribution in [3.8, 4) is 0 Å². The molecule has 23 heavy (non-hydrogen) atoms. The molecule has 1 saturated heterocycles. The van der Waals surface area contributed by atoms with Crippen molar-refractivity contribution in [2.24, 2.45) is 0 Å². The first-order valence-electron chi connectivity index (χ1n) is 9.41. The van der Waals surface area contributed by atoms with Gasteiger partial charge in [0.15, 0.2) is 0 Å². The number of ether oxygens (including phenoxy) is 1. The fourth-order valence-corrected chi connectivity index (χ4v) is 2.75. The summed E-state index contributed by atoms with van der Waals surface area (Å²) in [5, 5.41) is 8.53. The maximum atomic E-state index is 10.4. The predicted octanol–water partition coefficient (Wildman–Crippen LogP) is 5.65. The third-order valence-corrected chi connectivity index (χ3v) is 4.27. The van der Waals surface area contributed by atoms with Crippen molar-refractivity contribution >= 4 is 5.97 Å². The second-order valence-electron chi connectivity index (χ2n) is 6.47. The lowest BCUT2D eigenvalue weighted by molar-refractivity contribution is -0.137. The molecule has 0 aliphatic carbocycles. The minimum atomic E-state index is -0.680. The molecule has 3 nitrogen and oxygen atoms in total. The number of unbranched alkanes of at least 4 members (excludes halogenated alkanes) is 6. The minimum Gasteiger partial charge on any atom is -0.481 e. The highest BCUT2D eigenvalue weighted by Crippen LogP contribution is 2.30. The van der Waals surface area contributed by atoms with E-state index in [0.29, 0.717) is 18.6 Å². The Balaban J connectivity index is 1.84. The van der Waals surface area contributed by atoms with Gasteiger partial charge in [0.2, 0.25) is 0 Å². The highest BCUT2D eigenvalue weighted by molar-refractivity contribution is 5.66. The van der Waals surface area contributed by atoms with Gasteiger partial charge in [0.25, 0.3) is 0 Å². The fourth-order valence-electron chi connectivity index (χ4n) is 2.75. The number of epoxide rings is 1. The molecule has 3 heteroatoms. The van der Waals surface area contributed by atoms with Crippen LogP contribution in [0.4, 0.5) is 0 Å². The Labute approximate surface area is 141 Å². The minimum absolute atomic E-state index is 0.310. The number of carboxylic acids is 1. The highest BCUT2D eigenvalue weighted by atomic mass is 16.6. The van der Waals surface area contributed by atoms with Crippen LogP contribution in [-0.2, 0) is 9.53 Å². The summed E-state index contributed by atoms with van der Waals surface area (Å²) in [6, 6.07) is 0. The molecule has 0 aromatic carbocycles. The average Bonchev–Trinajstić information content (AvgIpc) is 3.27. The van der Waals surface area contributed by atoms with Gasteiger partial charge in [-0.15, -0.1) is 0 Å². The number of aliphatic carboxylic acids is 1. The van der Waals surface area contributed by atoms with Crippen LogP contribution in [0, 0.1) is 0 Å². The topological polar surface area (TPSA) is 49.8 Å². The molecule has 1 aliphatic rings. The van der Waals surface area contributed by atoms with Crippen molar-refractivity contribution in [1.82, 2.24) is 0 Å². The van der Waals surface area contributed by atoms with E-state index in [0.717, 1.165) is 44.9 Å². The lowest BCUT2D eigenvalue weighted by Crippen LogP contribution is -1.93. The van der Waals surface area contributed by atoms with Gasteiger partial charge in [-0.3, -0.25) is 4.79 Å². The van der Waals surface area contributed by atoms with Gasteiger partial charge in [-0.05, 0) is 38.5 Å². The number of rotatable bonds is 15. The van der Waals surface area contributed by atoms with E-state index in [-0.39, 0.29) is 0 Å². The Hall–Kier alpha value is -1.09. The van der Waals surface area contributed by atoms with Crippen molar-refractivity contribution < 1.29 is 14.6 Å². The SMILES string of the molecule is CCCCC[C@H]1O[C@H]1CC=CCC=CCCCCCCC(=O)O. The van der Waals surface area contributed by atoms with Crippen LogP contribution >= 0.6 is 0 Å². The Bertz CT molecular complexity index is 360. The molecular formula is C20H34O3. The largest absolute Gasteiger partial charge is 0.481 e. The summed E-state index contributed by atoms with van der Waals surface area (Å²) in [5.41, 5.74) is 0. The van der Waals surface area contributed by atoms with Crippen LogP contribution in [0.25, 0.3) is 0 Å². The predicted molar refractivity (Wildman–Crippen MR) is 95.7 cm³/mol. The molecule has 1 N–H and O–H groups in total. The first kappa shape index (κ1) is 20.0. The second kappa shape index (κ2) is 13.4. The smallest absolute Gasteiger partial charge is 0.303 e. The van der Waals surface area contributed by atoms with Gasteiger partial charge in [0, 0.05) is 6.42 Å². The van der Waals surface area contributed by atoms with E-state index in [9.17, 15) is 4.79 Å². The fraction of sp³-hybridized carbons (Fsp3) is 0.750. The molecule has 1 fully saturated rings. The molecule has 0 unspecified atom stereocenters. The molecule has 0 spiro atoms. The lowest BCUT2D eigenvalue weighted by atomic mass is 10.1. The second-order valence-corrected chi connectivity index (χ2v) is 6.47. The molecule has 1 rings (SSSR count). The maximum Gasteiger partial charge on any atom is 0.303 e. The molecule has 132 valence electrons. The van der Waals surface area contributed by atoms with Crippen LogP contribution in [0.3, 0.4) is 0 Å². The zero-order chi connectivity index (χ0) is 16.8. The first-order valence-corrected chi connectivity index (χ1v) is 9.41. The Kier molecular flexibility index (Phi) is 11.6. The molecule has 0 aromatic rings.